The van der Waals surface area contributed by atoms with Crippen molar-refractivity contribution in [2.75, 3.05) is 0 Å². The molecule has 4 nitrogen and oxygen atoms in total. The van der Waals surface area contributed by atoms with Gasteiger partial charge in [0.2, 0.25) is 0 Å². The topological polar surface area (TPSA) is 66.8 Å². The summed E-state index contributed by atoms with van der Waals surface area (Å²) in [6.45, 7) is 6.18. The molecule has 0 radical (unpaired) electrons. The first-order valence-electron chi connectivity index (χ1n) is 4.54. The van der Waals surface area contributed by atoms with Crippen LogP contribution in [0.25, 0.3) is 0 Å². The van der Waals surface area contributed by atoms with Crippen molar-refractivity contribution in [1.82, 2.24) is 0 Å². The Morgan fingerprint density at radius 3 is 1.88 bits per heavy atom. The van der Waals surface area contributed by atoms with Crippen molar-refractivity contribution in [1.29, 1.82) is 0 Å². The zero-order valence-corrected chi connectivity index (χ0v) is 9.86. The van der Waals surface area contributed by atoms with Crippen LogP contribution >= 0.6 is 7.82 Å². The van der Waals surface area contributed by atoms with Gasteiger partial charge in [-0.15, -0.1) is 0 Å². The molecular formula is C10H16NaO4P. The number of phosphoric ester groups is 1. The molecule has 0 aromatic heterocycles. The number of hydrogen-bond acceptors (Lipinski definition) is 2. The SMILES string of the molecule is CC(C)(C)c1ccc(OP(=O)(O)O)cc1.[NaH]. The average molecular weight is 254 g/mol. The molecule has 16 heavy (non-hydrogen) atoms. The number of rotatable bonds is 2. The van der Waals surface area contributed by atoms with E-state index in [4.69, 9.17) is 9.79 Å². The van der Waals surface area contributed by atoms with E-state index >= 15 is 0 Å². The molecule has 0 fully saturated rings. The van der Waals surface area contributed by atoms with Crippen LogP contribution in [0.1, 0.15) is 26.3 Å². The quantitative estimate of drug-likeness (QED) is 0.624. The van der Waals surface area contributed by atoms with Crippen molar-refractivity contribution in [2.24, 2.45) is 0 Å². The van der Waals surface area contributed by atoms with Crippen LogP contribution in [0.15, 0.2) is 24.3 Å². The van der Waals surface area contributed by atoms with Gasteiger partial charge in [0.15, 0.2) is 0 Å². The van der Waals surface area contributed by atoms with Crippen molar-refractivity contribution in [3.05, 3.63) is 29.8 Å². The van der Waals surface area contributed by atoms with E-state index in [0.29, 0.717) is 0 Å². The summed E-state index contributed by atoms with van der Waals surface area (Å²) in [4.78, 5) is 17.2. The summed E-state index contributed by atoms with van der Waals surface area (Å²) in [5.41, 5.74) is 1.10. The molecule has 0 amide bonds. The molecule has 6 heteroatoms. The average Bonchev–Trinajstić information content (AvgIpc) is 2.00. The van der Waals surface area contributed by atoms with Gasteiger partial charge in [-0.2, -0.15) is 0 Å². The Balaban J connectivity index is 0.00000225. The molecule has 86 valence electrons. The molecule has 1 rings (SSSR count). The van der Waals surface area contributed by atoms with Crippen molar-refractivity contribution in [2.45, 2.75) is 26.2 Å². The zero-order valence-electron chi connectivity index (χ0n) is 8.97. The van der Waals surface area contributed by atoms with Crippen molar-refractivity contribution in [3.63, 3.8) is 0 Å². The van der Waals surface area contributed by atoms with Gasteiger partial charge in [0.05, 0.1) is 0 Å². The van der Waals surface area contributed by atoms with E-state index in [1.54, 1.807) is 24.3 Å². The van der Waals surface area contributed by atoms with E-state index in [2.05, 4.69) is 25.3 Å². The fourth-order valence-electron chi connectivity index (χ4n) is 1.15. The third-order valence-electron chi connectivity index (χ3n) is 1.94. The van der Waals surface area contributed by atoms with Gasteiger partial charge < -0.3 is 4.52 Å². The molecule has 2 N–H and O–H groups in total. The first kappa shape index (κ1) is 16.2. The van der Waals surface area contributed by atoms with E-state index in [-0.39, 0.29) is 40.7 Å². The molecule has 0 atom stereocenters. The third kappa shape index (κ3) is 5.48. The first-order chi connectivity index (χ1) is 6.68. The Morgan fingerprint density at radius 1 is 1.12 bits per heavy atom. The van der Waals surface area contributed by atoms with Gasteiger partial charge in [-0.3, -0.25) is 9.79 Å². The summed E-state index contributed by atoms with van der Waals surface area (Å²) in [6.07, 6.45) is 0. The zero-order chi connectivity index (χ0) is 11.7. The molecule has 0 aliphatic carbocycles. The molecular weight excluding hydrogens is 238 g/mol. The van der Waals surface area contributed by atoms with Gasteiger partial charge in [-0.05, 0) is 23.1 Å². The van der Waals surface area contributed by atoms with Crippen LogP contribution in [0.5, 0.6) is 5.75 Å². The number of phosphoric acid groups is 1. The number of hydrogen-bond donors (Lipinski definition) is 2. The third-order valence-corrected chi connectivity index (χ3v) is 2.39. The van der Waals surface area contributed by atoms with Crippen LogP contribution in [0.4, 0.5) is 0 Å². The van der Waals surface area contributed by atoms with Crippen LogP contribution in [0.2, 0.25) is 0 Å². The molecule has 0 saturated carbocycles. The van der Waals surface area contributed by atoms with E-state index in [1.165, 1.54) is 0 Å². The summed E-state index contributed by atoms with van der Waals surface area (Å²) in [7, 11) is -4.44. The van der Waals surface area contributed by atoms with Crippen molar-refractivity contribution < 1.29 is 18.9 Å². The maximum absolute atomic E-state index is 10.6. The fraction of sp³-hybridized carbons (Fsp3) is 0.400. The van der Waals surface area contributed by atoms with Gasteiger partial charge in [0.1, 0.15) is 5.75 Å². The molecule has 0 bridgehead atoms. The Bertz CT molecular complexity index is 377. The standard InChI is InChI=1S/C10H15O4P.Na.H/c1-10(2,3)8-4-6-9(7-5-8)14-15(11,12)13;;/h4-7H,1-3H3,(H2,11,12,13);;. The van der Waals surface area contributed by atoms with Crippen LogP contribution in [-0.4, -0.2) is 39.3 Å². The van der Waals surface area contributed by atoms with E-state index in [1.807, 2.05) is 0 Å². The Kier molecular flexibility index (Phi) is 5.73. The minimum absolute atomic E-state index is 0. The Morgan fingerprint density at radius 2 is 1.56 bits per heavy atom. The summed E-state index contributed by atoms with van der Waals surface area (Å²) in [6, 6.07) is 6.70. The van der Waals surface area contributed by atoms with Crippen LogP contribution in [0, 0.1) is 0 Å². The molecule has 0 aliphatic heterocycles. The Labute approximate surface area is 118 Å². The molecule has 0 aliphatic rings. The predicted octanol–water partition coefficient (Wildman–Crippen LogP) is 1.81. The van der Waals surface area contributed by atoms with Gasteiger partial charge in [-0.1, -0.05) is 32.9 Å². The summed E-state index contributed by atoms with van der Waals surface area (Å²) >= 11 is 0. The fourth-order valence-corrected chi connectivity index (χ4v) is 1.55. The van der Waals surface area contributed by atoms with Gasteiger partial charge in [0, 0.05) is 0 Å². The summed E-state index contributed by atoms with van der Waals surface area (Å²) in [5, 5.41) is 0. The van der Waals surface area contributed by atoms with Gasteiger partial charge >= 0.3 is 37.4 Å². The van der Waals surface area contributed by atoms with Gasteiger partial charge in [0.25, 0.3) is 0 Å². The second kappa shape index (κ2) is 5.67. The Hall–Kier alpha value is 0.170. The van der Waals surface area contributed by atoms with Crippen LogP contribution in [0.3, 0.4) is 0 Å². The molecule has 0 heterocycles. The van der Waals surface area contributed by atoms with Crippen molar-refractivity contribution in [3.8, 4) is 5.75 Å². The first-order valence-corrected chi connectivity index (χ1v) is 6.07. The van der Waals surface area contributed by atoms with Gasteiger partial charge in [-0.25, -0.2) is 4.57 Å². The summed E-state index contributed by atoms with van der Waals surface area (Å²) < 4.78 is 15.0. The number of benzene rings is 1. The molecule has 1 aromatic rings. The minimum atomic E-state index is -4.44. The van der Waals surface area contributed by atoms with Crippen LogP contribution < -0.4 is 4.52 Å². The molecule has 1 aromatic carbocycles. The van der Waals surface area contributed by atoms with Crippen LogP contribution in [-0.2, 0) is 9.98 Å². The summed E-state index contributed by atoms with van der Waals surface area (Å²) in [5.74, 6) is 0.177. The molecule has 0 spiro atoms. The van der Waals surface area contributed by atoms with Crippen molar-refractivity contribution >= 4 is 37.4 Å². The molecule has 0 unspecified atom stereocenters. The second-order valence-electron chi connectivity index (χ2n) is 4.36. The predicted molar refractivity (Wildman–Crippen MR) is 65.0 cm³/mol. The monoisotopic (exact) mass is 254 g/mol. The maximum atomic E-state index is 10.6. The van der Waals surface area contributed by atoms with E-state index in [9.17, 15) is 4.57 Å². The van der Waals surface area contributed by atoms with E-state index in [0.717, 1.165) is 5.56 Å². The van der Waals surface area contributed by atoms with E-state index < -0.39 is 7.82 Å². The normalized spacial score (nSPS) is 11.8. The molecule has 0 saturated heterocycles. The second-order valence-corrected chi connectivity index (χ2v) is 5.52.